The van der Waals surface area contributed by atoms with Gasteiger partial charge in [0.15, 0.2) is 0 Å². The van der Waals surface area contributed by atoms with Crippen LogP contribution in [-0.4, -0.2) is 9.55 Å². The first-order valence-electron chi connectivity index (χ1n) is 9.83. The van der Waals surface area contributed by atoms with E-state index in [-0.39, 0.29) is 24.8 Å². The summed E-state index contributed by atoms with van der Waals surface area (Å²) in [6.45, 7) is 0.141. The number of para-hydroxylation sites is 2. The van der Waals surface area contributed by atoms with Crippen molar-refractivity contribution in [1.29, 1.82) is 0 Å². The molecule has 11 heteroatoms. The van der Waals surface area contributed by atoms with Gasteiger partial charge in [0.1, 0.15) is 5.82 Å². The summed E-state index contributed by atoms with van der Waals surface area (Å²) in [4.78, 5) is 4.50. The third kappa shape index (κ3) is 5.26. The number of fused-ring (bicyclic) bond motifs is 1. The van der Waals surface area contributed by atoms with Gasteiger partial charge in [-0.15, -0.1) is 0 Å². The Hall–Kier alpha value is -2.91. The molecule has 0 atom stereocenters. The van der Waals surface area contributed by atoms with Crippen molar-refractivity contribution in [1.82, 2.24) is 9.55 Å². The number of hydrogen-bond donors (Lipinski definition) is 1. The smallest absolute Gasteiger partial charge is 0.378 e. The lowest BCUT2D eigenvalue weighted by Crippen LogP contribution is -2.14. The van der Waals surface area contributed by atoms with Crippen molar-refractivity contribution in [3.63, 3.8) is 0 Å². The molecule has 3 nitrogen and oxygen atoms in total. The van der Waals surface area contributed by atoms with Crippen LogP contribution in [0.25, 0.3) is 11.0 Å². The zero-order chi connectivity index (χ0) is 24.7. The molecule has 0 bridgehead atoms. The Balaban J connectivity index is 1.70. The minimum Gasteiger partial charge on any atom is -0.378 e. The maximum absolute atomic E-state index is 13.2. The zero-order valence-electron chi connectivity index (χ0n) is 17.1. The second-order valence-corrected chi connectivity index (χ2v) is 8.33. The maximum Gasteiger partial charge on any atom is 0.416 e. The highest BCUT2D eigenvalue weighted by Gasteiger charge is 2.37. The summed E-state index contributed by atoms with van der Waals surface area (Å²) in [5.41, 5.74) is -1.06. The van der Waals surface area contributed by atoms with Crippen LogP contribution in [0.1, 0.15) is 22.5 Å². The minimum absolute atomic E-state index is 0.0863. The van der Waals surface area contributed by atoms with E-state index in [1.807, 2.05) is 6.07 Å². The van der Waals surface area contributed by atoms with Crippen molar-refractivity contribution in [3.05, 3.63) is 93.2 Å². The van der Waals surface area contributed by atoms with Crippen molar-refractivity contribution in [2.45, 2.75) is 25.4 Å². The van der Waals surface area contributed by atoms with E-state index >= 15 is 0 Å². The highest BCUT2D eigenvalue weighted by atomic mass is 35.5. The van der Waals surface area contributed by atoms with Crippen LogP contribution < -0.4 is 5.32 Å². The van der Waals surface area contributed by atoms with Crippen molar-refractivity contribution < 1.29 is 26.3 Å². The fourth-order valence-electron chi connectivity index (χ4n) is 3.50. The SMILES string of the molecule is FC(F)(F)c1cc(NCc2nc3ccccc3n2Cc2ccc(Cl)cc2Cl)cc(C(F)(F)F)c1. The van der Waals surface area contributed by atoms with Gasteiger partial charge in [0.2, 0.25) is 0 Å². The highest BCUT2D eigenvalue weighted by molar-refractivity contribution is 6.35. The van der Waals surface area contributed by atoms with Crippen LogP contribution in [0, 0.1) is 0 Å². The topological polar surface area (TPSA) is 29.9 Å². The predicted molar refractivity (Wildman–Crippen MR) is 119 cm³/mol. The van der Waals surface area contributed by atoms with Crippen LogP contribution in [0.15, 0.2) is 60.7 Å². The van der Waals surface area contributed by atoms with Crippen LogP contribution in [-0.2, 0) is 25.4 Å². The van der Waals surface area contributed by atoms with Gasteiger partial charge in [0, 0.05) is 15.7 Å². The molecule has 0 fully saturated rings. The average molecular weight is 518 g/mol. The molecule has 1 heterocycles. The van der Waals surface area contributed by atoms with E-state index in [4.69, 9.17) is 23.2 Å². The molecule has 0 aliphatic heterocycles. The molecule has 0 aliphatic rings. The van der Waals surface area contributed by atoms with Crippen molar-refractivity contribution in [3.8, 4) is 0 Å². The molecular weight excluding hydrogens is 503 g/mol. The molecule has 34 heavy (non-hydrogen) atoms. The molecule has 1 N–H and O–H groups in total. The van der Waals surface area contributed by atoms with Crippen molar-refractivity contribution >= 4 is 39.9 Å². The quantitative estimate of drug-likeness (QED) is 0.271. The molecule has 0 spiro atoms. The number of benzene rings is 3. The number of rotatable bonds is 5. The second kappa shape index (κ2) is 9.03. The summed E-state index contributed by atoms with van der Waals surface area (Å²) in [5.74, 6) is 0.401. The van der Waals surface area contributed by atoms with Gasteiger partial charge in [-0.05, 0) is 48.0 Å². The average Bonchev–Trinajstić information content (AvgIpc) is 3.10. The van der Waals surface area contributed by atoms with Crippen LogP contribution in [0.2, 0.25) is 10.0 Å². The largest absolute Gasteiger partial charge is 0.416 e. The number of nitrogens with zero attached hydrogens (tertiary/aromatic N) is 2. The van der Waals surface area contributed by atoms with Gasteiger partial charge in [-0.25, -0.2) is 4.98 Å². The van der Waals surface area contributed by atoms with Crippen molar-refractivity contribution in [2.24, 2.45) is 0 Å². The molecule has 3 aromatic carbocycles. The number of imidazole rings is 1. The molecule has 0 radical (unpaired) electrons. The third-order valence-electron chi connectivity index (χ3n) is 5.12. The van der Waals surface area contributed by atoms with Gasteiger partial charge >= 0.3 is 12.4 Å². The Bertz CT molecular complexity index is 1310. The fourth-order valence-corrected chi connectivity index (χ4v) is 3.96. The Morgan fingerprint density at radius 3 is 2.09 bits per heavy atom. The van der Waals surface area contributed by atoms with Gasteiger partial charge in [-0.3, -0.25) is 0 Å². The summed E-state index contributed by atoms with van der Waals surface area (Å²) in [5, 5.41) is 3.53. The maximum atomic E-state index is 13.2. The van der Waals surface area contributed by atoms with Gasteiger partial charge in [-0.1, -0.05) is 41.4 Å². The monoisotopic (exact) mass is 517 g/mol. The Labute approximate surface area is 199 Å². The molecule has 1 aromatic heterocycles. The van der Waals surface area contributed by atoms with Gasteiger partial charge in [-0.2, -0.15) is 26.3 Å². The van der Waals surface area contributed by atoms with Crippen molar-refractivity contribution in [2.75, 3.05) is 5.32 Å². The second-order valence-electron chi connectivity index (χ2n) is 7.49. The molecule has 178 valence electrons. The Kier molecular flexibility index (Phi) is 6.44. The van der Waals surface area contributed by atoms with Gasteiger partial charge < -0.3 is 9.88 Å². The molecular formula is C23H15Cl2F6N3. The van der Waals surface area contributed by atoms with E-state index in [1.165, 1.54) is 0 Å². The van der Waals surface area contributed by atoms with Crippen LogP contribution in [0.5, 0.6) is 0 Å². The molecule has 0 amide bonds. The Morgan fingerprint density at radius 1 is 0.824 bits per heavy atom. The number of halogens is 8. The summed E-state index contributed by atoms with van der Waals surface area (Å²) in [6.07, 6.45) is -9.87. The molecule has 0 saturated heterocycles. The zero-order valence-corrected chi connectivity index (χ0v) is 18.6. The molecule has 0 saturated carbocycles. The molecule has 0 aliphatic carbocycles. The number of anilines is 1. The van der Waals surface area contributed by atoms with Crippen LogP contribution >= 0.6 is 23.2 Å². The van der Waals surface area contributed by atoms with E-state index in [2.05, 4.69) is 10.3 Å². The van der Waals surface area contributed by atoms with Crippen LogP contribution in [0.4, 0.5) is 32.0 Å². The summed E-state index contributed by atoms with van der Waals surface area (Å²) >= 11 is 12.3. The van der Waals surface area contributed by atoms with E-state index in [9.17, 15) is 26.3 Å². The molecule has 0 unspecified atom stereocenters. The lowest BCUT2D eigenvalue weighted by molar-refractivity contribution is -0.143. The van der Waals surface area contributed by atoms with E-state index in [1.54, 1.807) is 41.0 Å². The molecule has 4 aromatic rings. The van der Waals surface area contributed by atoms with Gasteiger partial charge in [0.25, 0.3) is 0 Å². The fraction of sp³-hybridized carbons (Fsp3) is 0.174. The summed E-state index contributed by atoms with van der Waals surface area (Å²) < 4.78 is 80.9. The third-order valence-corrected chi connectivity index (χ3v) is 5.70. The standard InChI is InChI=1S/C23H15Cl2F6N3/c24-16-6-5-13(18(25)10-16)12-34-20-4-2-1-3-19(20)33-21(34)11-32-17-8-14(22(26,27)28)7-15(9-17)23(29,30)31/h1-10,32H,11-12H2. The first kappa shape index (κ1) is 24.2. The lowest BCUT2D eigenvalue weighted by Gasteiger charge is -2.16. The van der Waals surface area contributed by atoms with E-state index < -0.39 is 23.5 Å². The number of alkyl halides is 6. The predicted octanol–water partition coefficient (Wildman–Crippen LogP) is 8.04. The number of nitrogens with one attached hydrogen (secondary N) is 1. The summed E-state index contributed by atoms with van der Waals surface area (Å²) in [6, 6.07) is 13.5. The van der Waals surface area contributed by atoms with Crippen LogP contribution in [0.3, 0.4) is 0 Å². The number of hydrogen-bond acceptors (Lipinski definition) is 2. The first-order chi connectivity index (χ1) is 15.9. The first-order valence-corrected chi connectivity index (χ1v) is 10.6. The summed E-state index contributed by atoms with van der Waals surface area (Å²) in [7, 11) is 0. The lowest BCUT2D eigenvalue weighted by atomic mass is 10.1. The minimum atomic E-state index is -4.93. The highest BCUT2D eigenvalue weighted by Crippen LogP contribution is 2.37. The van der Waals surface area contributed by atoms with E-state index in [0.717, 1.165) is 5.52 Å². The normalized spacial score (nSPS) is 12.4. The Morgan fingerprint density at radius 2 is 1.47 bits per heavy atom. The van der Waals surface area contributed by atoms with Gasteiger partial charge in [0.05, 0.1) is 35.2 Å². The van der Waals surface area contributed by atoms with E-state index in [0.29, 0.717) is 39.1 Å². The molecule has 4 rings (SSSR count). The number of aromatic nitrogens is 2.